The maximum absolute atomic E-state index is 12.5. The summed E-state index contributed by atoms with van der Waals surface area (Å²) in [5.41, 5.74) is 6.08. The van der Waals surface area contributed by atoms with Gasteiger partial charge in [-0.15, -0.1) is 0 Å². The third-order valence-electron chi connectivity index (χ3n) is 1.30. The molecule has 0 spiro atoms. The molecule has 0 aliphatic heterocycles. The van der Waals surface area contributed by atoms with E-state index in [-0.39, 0.29) is 5.82 Å². The fourth-order valence-corrected chi connectivity index (χ4v) is 0.814. The first-order chi connectivity index (χ1) is 5.33. The van der Waals surface area contributed by atoms with Gasteiger partial charge in [0, 0.05) is 6.54 Å². The van der Waals surface area contributed by atoms with Crippen LogP contribution in [0, 0.1) is 5.82 Å². The van der Waals surface area contributed by atoms with E-state index in [2.05, 4.69) is 0 Å². The van der Waals surface area contributed by atoms with E-state index < -0.39 is 0 Å². The molecular formula is C9H10FN. The molecule has 0 saturated carbocycles. The fourth-order valence-electron chi connectivity index (χ4n) is 0.814. The lowest BCUT2D eigenvalue weighted by atomic mass is 10.2. The normalized spacial score (nSPS) is 10.7. The van der Waals surface area contributed by atoms with E-state index in [1.165, 1.54) is 12.1 Å². The summed E-state index contributed by atoms with van der Waals surface area (Å²) < 4.78 is 12.5. The van der Waals surface area contributed by atoms with Crippen molar-refractivity contribution >= 4 is 6.08 Å². The Morgan fingerprint density at radius 2 is 2.27 bits per heavy atom. The molecule has 0 amide bonds. The Hall–Kier alpha value is -1.15. The summed E-state index contributed by atoms with van der Waals surface area (Å²) in [4.78, 5) is 0. The minimum atomic E-state index is -0.218. The van der Waals surface area contributed by atoms with Crippen molar-refractivity contribution < 1.29 is 4.39 Å². The maximum Gasteiger partial charge on any atom is 0.123 e. The van der Waals surface area contributed by atoms with Crippen LogP contribution in [0.5, 0.6) is 0 Å². The van der Waals surface area contributed by atoms with Crippen LogP contribution >= 0.6 is 0 Å². The highest BCUT2D eigenvalue weighted by molar-refractivity contribution is 5.48. The van der Waals surface area contributed by atoms with E-state index in [0.717, 1.165) is 5.56 Å². The second-order valence-corrected chi connectivity index (χ2v) is 2.19. The van der Waals surface area contributed by atoms with Gasteiger partial charge < -0.3 is 5.73 Å². The lowest BCUT2D eigenvalue weighted by Crippen LogP contribution is -1.91. The van der Waals surface area contributed by atoms with Crippen LogP contribution in [0.3, 0.4) is 0 Å². The molecule has 11 heavy (non-hydrogen) atoms. The van der Waals surface area contributed by atoms with Crippen LogP contribution in [-0.2, 0) is 0 Å². The molecule has 1 aromatic carbocycles. The molecule has 0 atom stereocenters. The summed E-state index contributed by atoms with van der Waals surface area (Å²) in [6.07, 6.45) is 3.58. The Labute approximate surface area is 65.3 Å². The second kappa shape index (κ2) is 3.88. The van der Waals surface area contributed by atoms with Crippen molar-refractivity contribution in [1.82, 2.24) is 0 Å². The Kier molecular flexibility index (Phi) is 2.81. The largest absolute Gasteiger partial charge is 0.327 e. The third-order valence-corrected chi connectivity index (χ3v) is 1.30. The first kappa shape index (κ1) is 7.95. The van der Waals surface area contributed by atoms with Crippen LogP contribution in [0.2, 0.25) is 0 Å². The lowest BCUT2D eigenvalue weighted by molar-refractivity contribution is 0.627. The molecule has 58 valence electrons. The summed E-state index contributed by atoms with van der Waals surface area (Å²) in [6, 6.07) is 6.38. The molecule has 2 N–H and O–H groups in total. The van der Waals surface area contributed by atoms with Gasteiger partial charge in [0.05, 0.1) is 0 Å². The monoisotopic (exact) mass is 151 g/mol. The zero-order chi connectivity index (χ0) is 8.10. The Morgan fingerprint density at radius 1 is 1.45 bits per heavy atom. The molecule has 0 aliphatic rings. The van der Waals surface area contributed by atoms with Crippen molar-refractivity contribution in [3.8, 4) is 0 Å². The molecular weight excluding hydrogens is 141 g/mol. The standard InChI is InChI=1S/C9H10FN/c10-9-5-1-3-8(7-9)4-2-6-11/h1-5,7H,6,11H2/b4-2+. The molecule has 1 nitrogen and oxygen atoms in total. The van der Waals surface area contributed by atoms with E-state index in [1.807, 2.05) is 6.07 Å². The number of benzene rings is 1. The number of hydrogen-bond acceptors (Lipinski definition) is 1. The van der Waals surface area contributed by atoms with Gasteiger partial charge >= 0.3 is 0 Å². The van der Waals surface area contributed by atoms with E-state index >= 15 is 0 Å². The predicted molar refractivity (Wildman–Crippen MR) is 44.5 cm³/mol. The first-order valence-electron chi connectivity index (χ1n) is 3.45. The molecule has 0 unspecified atom stereocenters. The van der Waals surface area contributed by atoms with Gasteiger partial charge in [0.1, 0.15) is 5.82 Å². The maximum atomic E-state index is 12.5. The van der Waals surface area contributed by atoms with Gasteiger partial charge in [-0.1, -0.05) is 24.3 Å². The fraction of sp³-hybridized carbons (Fsp3) is 0.111. The molecule has 0 fully saturated rings. The Bertz CT molecular complexity index is 255. The predicted octanol–water partition coefficient (Wildman–Crippen LogP) is 1.80. The van der Waals surface area contributed by atoms with Gasteiger partial charge in [-0.05, 0) is 17.7 Å². The average molecular weight is 151 g/mol. The molecule has 0 aliphatic carbocycles. The Morgan fingerprint density at radius 3 is 2.91 bits per heavy atom. The molecule has 2 heteroatoms. The van der Waals surface area contributed by atoms with Gasteiger partial charge in [-0.25, -0.2) is 4.39 Å². The van der Waals surface area contributed by atoms with Gasteiger partial charge in [0.2, 0.25) is 0 Å². The van der Waals surface area contributed by atoms with Crippen molar-refractivity contribution in [3.05, 3.63) is 41.7 Å². The smallest absolute Gasteiger partial charge is 0.123 e. The molecule has 1 rings (SSSR count). The van der Waals surface area contributed by atoms with Crippen LogP contribution in [0.4, 0.5) is 4.39 Å². The van der Waals surface area contributed by atoms with Crippen molar-refractivity contribution in [3.63, 3.8) is 0 Å². The van der Waals surface area contributed by atoms with Crippen molar-refractivity contribution in [1.29, 1.82) is 0 Å². The summed E-state index contributed by atoms with van der Waals surface area (Å²) in [5.74, 6) is -0.218. The summed E-state index contributed by atoms with van der Waals surface area (Å²) in [7, 11) is 0. The quantitative estimate of drug-likeness (QED) is 0.685. The molecule has 0 bridgehead atoms. The van der Waals surface area contributed by atoms with Gasteiger partial charge in [0.25, 0.3) is 0 Å². The topological polar surface area (TPSA) is 26.0 Å². The highest BCUT2D eigenvalue weighted by atomic mass is 19.1. The summed E-state index contributed by atoms with van der Waals surface area (Å²) in [6.45, 7) is 0.483. The zero-order valence-corrected chi connectivity index (χ0v) is 6.13. The van der Waals surface area contributed by atoms with Crippen LogP contribution in [-0.4, -0.2) is 6.54 Å². The SMILES string of the molecule is NC/C=C/c1cccc(F)c1. The molecule has 0 aromatic heterocycles. The molecule has 0 saturated heterocycles. The van der Waals surface area contributed by atoms with E-state index in [4.69, 9.17) is 5.73 Å². The first-order valence-corrected chi connectivity index (χ1v) is 3.45. The molecule has 0 radical (unpaired) electrons. The van der Waals surface area contributed by atoms with Gasteiger partial charge in [-0.2, -0.15) is 0 Å². The van der Waals surface area contributed by atoms with E-state index in [0.29, 0.717) is 6.54 Å². The average Bonchev–Trinajstić information content (AvgIpc) is 2.01. The summed E-state index contributed by atoms with van der Waals surface area (Å²) in [5, 5.41) is 0. The number of rotatable bonds is 2. The van der Waals surface area contributed by atoms with Crippen molar-refractivity contribution in [2.75, 3.05) is 6.54 Å². The van der Waals surface area contributed by atoms with Crippen LogP contribution in [0.1, 0.15) is 5.56 Å². The van der Waals surface area contributed by atoms with Crippen molar-refractivity contribution in [2.24, 2.45) is 5.73 Å². The highest BCUT2D eigenvalue weighted by Crippen LogP contribution is 2.04. The van der Waals surface area contributed by atoms with Gasteiger partial charge in [0.15, 0.2) is 0 Å². The lowest BCUT2D eigenvalue weighted by Gasteiger charge is -1.91. The third kappa shape index (κ3) is 2.51. The van der Waals surface area contributed by atoms with Crippen LogP contribution < -0.4 is 5.73 Å². The summed E-state index contributed by atoms with van der Waals surface area (Å²) >= 11 is 0. The molecule has 1 aromatic rings. The van der Waals surface area contributed by atoms with Crippen LogP contribution in [0.15, 0.2) is 30.3 Å². The van der Waals surface area contributed by atoms with E-state index in [9.17, 15) is 4.39 Å². The highest BCUT2D eigenvalue weighted by Gasteiger charge is 1.88. The van der Waals surface area contributed by atoms with Crippen LogP contribution in [0.25, 0.3) is 6.08 Å². The van der Waals surface area contributed by atoms with Gasteiger partial charge in [-0.3, -0.25) is 0 Å². The van der Waals surface area contributed by atoms with E-state index in [1.54, 1.807) is 18.2 Å². The zero-order valence-electron chi connectivity index (χ0n) is 6.13. The minimum absolute atomic E-state index is 0.218. The molecule has 0 heterocycles. The number of halogens is 1. The Balaban J connectivity index is 2.79. The second-order valence-electron chi connectivity index (χ2n) is 2.19. The van der Waals surface area contributed by atoms with Crippen molar-refractivity contribution in [2.45, 2.75) is 0 Å². The number of nitrogens with two attached hydrogens (primary N) is 1. The minimum Gasteiger partial charge on any atom is -0.327 e. The number of hydrogen-bond donors (Lipinski definition) is 1.